The maximum Gasteiger partial charge on any atom is 0.0938 e. The molecule has 0 bridgehead atoms. The van der Waals surface area contributed by atoms with Crippen LogP contribution in [0.25, 0.3) is 10.2 Å². The van der Waals surface area contributed by atoms with E-state index in [2.05, 4.69) is 30.1 Å². The zero-order chi connectivity index (χ0) is 10.7. The number of para-hydroxylation sites is 1. The molecular weight excluding hydrogens is 226 g/mol. The van der Waals surface area contributed by atoms with Gasteiger partial charge in [0.25, 0.3) is 0 Å². The number of thiazole rings is 1. The van der Waals surface area contributed by atoms with Crippen molar-refractivity contribution in [2.45, 2.75) is 26.2 Å². The van der Waals surface area contributed by atoms with Crippen molar-refractivity contribution < 1.29 is 0 Å². The standard InChI is InChI=1S/C12H14ClNS/c1-9-5-4-6-10-12(9)14-11(15-10)7-2-3-8-13/h4-6H,2-3,7-8H2,1H3. The fraction of sp³-hybridized carbons (Fsp3) is 0.417. The fourth-order valence-corrected chi connectivity index (χ4v) is 2.89. The normalized spacial score (nSPS) is 11.1. The van der Waals surface area contributed by atoms with Crippen molar-refractivity contribution in [3.05, 3.63) is 28.8 Å². The summed E-state index contributed by atoms with van der Waals surface area (Å²) in [5.74, 6) is 0.754. The van der Waals surface area contributed by atoms with Crippen LogP contribution in [0.1, 0.15) is 23.4 Å². The average Bonchev–Trinajstić information content (AvgIpc) is 2.63. The van der Waals surface area contributed by atoms with Crippen LogP contribution in [0.5, 0.6) is 0 Å². The van der Waals surface area contributed by atoms with Crippen LogP contribution in [-0.4, -0.2) is 10.9 Å². The molecule has 2 aromatic rings. The molecule has 0 N–H and O–H groups in total. The monoisotopic (exact) mass is 239 g/mol. The van der Waals surface area contributed by atoms with Gasteiger partial charge in [0.15, 0.2) is 0 Å². The summed E-state index contributed by atoms with van der Waals surface area (Å²) in [4.78, 5) is 4.66. The first-order chi connectivity index (χ1) is 7.31. The van der Waals surface area contributed by atoms with E-state index < -0.39 is 0 Å². The molecule has 0 saturated carbocycles. The lowest BCUT2D eigenvalue weighted by Gasteiger charge is -1.92. The molecule has 0 saturated heterocycles. The molecule has 1 aromatic heterocycles. The second kappa shape index (κ2) is 4.95. The van der Waals surface area contributed by atoms with Crippen molar-refractivity contribution in [2.24, 2.45) is 0 Å². The van der Waals surface area contributed by atoms with E-state index in [9.17, 15) is 0 Å². The molecule has 0 aliphatic carbocycles. The molecular formula is C12H14ClNS. The molecule has 0 amide bonds. The highest BCUT2D eigenvalue weighted by Gasteiger charge is 2.04. The SMILES string of the molecule is Cc1cccc2sc(CCCCCl)nc12. The number of aryl methyl sites for hydroxylation is 2. The highest BCUT2D eigenvalue weighted by molar-refractivity contribution is 7.18. The smallest absolute Gasteiger partial charge is 0.0938 e. The van der Waals surface area contributed by atoms with E-state index >= 15 is 0 Å². The van der Waals surface area contributed by atoms with Crippen LogP contribution in [0.4, 0.5) is 0 Å². The molecule has 15 heavy (non-hydrogen) atoms. The van der Waals surface area contributed by atoms with Crippen LogP contribution in [0.2, 0.25) is 0 Å². The maximum atomic E-state index is 5.65. The number of fused-ring (bicyclic) bond motifs is 1. The Morgan fingerprint density at radius 2 is 2.20 bits per heavy atom. The third-order valence-corrected chi connectivity index (χ3v) is 3.79. The third kappa shape index (κ3) is 2.50. The molecule has 0 fully saturated rings. The minimum Gasteiger partial charge on any atom is -0.241 e. The van der Waals surface area contributed by atoms with Crippen LogP contribution < -0.4 is 0 Å². The average molecular weight is 240 g/mol. The van der Waals surface area contributed by atoms with Gasteiger partial charge in [-0.25, -0.2) is 4.98 Å². The van der Waals surface area contributed by atoms with Crippen LogP contribution in [0, 0.1) is 6.92 Å². The van der Waals surface area contributed by atoms with Gasteiger partial charge < -0.3 is 0 Å². The molecule has 0 atom stereocenters. The Morgan fingerprint density at radius 3 is 2.93 bits per heavy atom. The van der Waals surface area contributed by atoms with Crippen LogP contribution in [0.15, 0.2) is 18.2 Å². The van der Waals surface area contributed by atoms with Crippen molar-refractivity contribution in [1.29, 1.82) is 0 Å². The molecule has 80 valence electrons. The van der Waals surface area contributed by atoms with Gasteiger partial charge in [-0.05, 0) is 37.8 Å². The molecule has 0 spiro atoms. The molecule has 0 aliphatic rings. The Kier molecular flexibility index (Phi) is 3.60. The highest BCUT2D eigenvalue weighted by atomic mass is 35.5. The summed E-state index contributed by atoms with van der Waals surface area (Å²) in [6.45, 7) is 2.12. The predicted molar refractivity (Wildman–Crippen MR) is 68.0 cm³/mol. The molecule has 3 heteroatoms. The molecule has 1 heterocycles. The Balaban J connectivity index is 2.20. The quantitative estimate of drug-likeness (QED) is 0.577. The van der Waals surface area contributed by atoms with Gasteiger partial charge in [0.1, 0.15) is 0 Å². The first-order valence-corrected chi connectivity index (χ1v) is 6.57. The Morgan fingerprint density at radius 1 is 1.33 bits per heavy atom. The van der Waals surface area contributed by atoms with E-state index in [4.69, 9.17) is 11.6 Å². The molecule has 0 aliphatic heterocycles. The van der Waals surface area contributed by atoms with Crippen LogP contribution in [0.3, 0.4) is 0 Å². The summed E-state index contributed by atoms with van der Waals surface area (Å²) in [5, 5.41) is 1.24. The summed E-state index contributed by atoms with van der Waals surface area (Å²) in [5.41, 5.74) is 2.44. The van der Waals surface area contributed by atoms with Crippen LogP contribution >= 0.6 is 22.9 Å². The lowest BCUT2D eigenvalue weighted by Crippen LogP contribution is -1.84. The summed E-state index contributed by atoms with van der Waals surface area (Å²) >= 11 is 7.46. The zero-order valence-electron chi connectivity index (χ0n) is 8.79. The van der Waals surface area contributed by atoms with Crippen molar-refractivity contribution in [3.63, 3.8) is 0 Å². The molecule has 1 nitrogen and oxygen atoms in total. The number of halogens is 1. The zero-order valence-corrected chi connectivity index (χ0v) is 10.4. The van der Waals surface area contributed by atoms with E-state index in [0.717, 1.165) is 25.1 Å². The number of unbranched alkanes of at least 4 members (excludes halogenated alkanes) is 1. The molecule has 1 aromatic carbocycles. The topological polar surface area (TPSA) is 12.9 Å². The number of alkyl halides is 1. The lowest BCUT2D eigenvalue weighted by molar-refractivity contribution is 0.796. The minimum atomic E-state index is 0.754. The van der Waals surface area contributed by atoms with E-state index in [1.54, 1.807) is 0 Å². The van der Waals surface area contributed by atoms with E-state index in [1.165, 1.54) is 20.8 Å². The summed E-state index contributed by atoms with van der Waals surface area (Å²) < 4.78 is 1.30. The number of hydrogen-bond acceptors (Lipinski definition) is 2. The third-order valence-electron chi connectivity index (χ3n) is 2.44. The largest absolute Gasteiger partial charge is 0.241 e. The number of benzene rings is 1. The lowest BCUT2D eigenvalue weighted by atomic mass is 10.2. The van der Waals surface area contributed by atoms with Gasteiger partial charge in [0.2, 0.25) is 0 Å². The first kappa shape index (κ1) is 10.9. The number of hydrogen-bond donors (Lipinski definition) is 0. The predicted octanol–water partition coefficient (Wildman–Crippen LogP) is 4.17. The molecule has 0 unspecified atom stereocenters. The van der Waals surface area contributed by atoms with E-state index in [1.807, 2.05) is 11.3 Å². The molecule has 2 rings (SSSR count). The van der Waals surface area contributed by atoms with Crippen LogP contribution in [-0.2, 0) is 6.42 Å². The van der Waals surface area contributed by atoms with E-state index in [0.29, 0.717) is 0 Å². The number of rotatable bonds is 4. The van der Waals surface area contributed by atoms with E-state index in [-0.39, 0.29) is 0 Å². The molecule has 0 radical (unpaired) electrons. The van der Waals surface area contributed by atoms with Gasteiger partial charge in [-0.15, -0.1) is 22.9 Å². The highest BCUT2D eigenvalue weighted by Crippen LogP contribution is 2.25. The fourth-order valence-electron chi connectivity index (χ4n) is 1.61. The summed E-state index contributed by atoms with van der Waals surface area (Å²) in [7, 11) is 0. The van der Waals surface area contributed by atoms with Crippen molar-refractivity contribution in [2.75, 3.05) is 5.88 Å². The van der Waals surface area contributed by atoms with Crippen molar-refractivity contribution >= 4 is 33.2 Å². The van der Waals surface area contributed by atoms with Gasteiger partial charge in [-0.1, -0.05) is 12.1 Å². The summed E-state index contributed by atoms with van der Waals surface area (Å²) in [6, 6.07) is 6.36. The first-order valence-electron chi connectivity index (χ1n) is 5.22. The number of nitrogens with zero attached hydrogens (tertiary/aromatic N) is 1. The Labute approximate surface area is 99.1 Å². The number of aromatic nitrogens is 1. The van der Waals surface area contributed by atoms with Crippen molar-refractivity contribution in [1.82, 2.24) is 4.98 Å². The Hall–Kier alpha value is -0.600. The Bertz CT molecular complexity index is 450. The van der Waals surface area contributed by atoms with Crippen molar-refractivity contribution in [3.8, 4) is 0 Å². The maximum absolute atomic E-state index is 5.65. The van der Waals surface area contributed by atoms with Gasteiger partial charge >= 0.3 is 0 Å². The minimum absolute atomic E-state index is 0.754. The van der Waals surface area contributed by atoms with Gasteiger partial charge in [0, 0.05) is 5.88 Å². The van der Waals surface area contributed by atoms with Gasteiger partial charge in [-0.3, -0.25) is 0 Å². The second-order valence-corrected chi connectivity index (χ2v) is 5.17. The second-order valence-electron chi connectivity index (χ2n) is 3.68. The summed E-state index contributed by atoms with van der Waals surface area (Å²) in [6.07, 6.45) is 3.28. The van der Waals surface area contributed by atoms with Gasteiger partial charge in [0.05, 0.1) is 15.2 Å². The van der Waals surface area contributed by atoms with Gasteiger partial charge in [-0.2, -0.15) is 0 Å².